The van der Waals surface area contributed by atoms with Crippen molar-refractivity contribution in [1.82, 2.24) is 18.3 Å². The molecule has 0 aliphatic rings. The summed E-state index contributed by atoms with van der Waals surface area (Å²) < 4.78 is 464. The fourth-order valence-corrected chi connectivity index (χ4v) is 7.27. The second kappa shape index (κ2) is 22.6. The third-order valence-corrected chi connectivity index (χ3v) is 12.5. The first kappa shape index (κ1) is 74.9. The number of aromatic nitrogens is 4. The third kappa shape index (κ3) is 13.2. The maximum Gasteiger partial charge on any atom is 0.460 e. The molecule has 0 bridgehead atoms. The third-order valence-electron chi connectivity index (χ3n) is 9.71. The fourth-order valence-electron chi connectivity index (χ4n) is 5.16. The molecular formula is C30H16F36N4PdS6-4. The van der Waals surface area contributed by atoms with Gasteiger partial charge in [0.25, 0.3) is 0 Å². The van der Waals surface area contributed by atoms with Gasteiger partial charge in [0.05, 0.1) is 0 Å². The van der Waals surface area contributed by atoms with E-state index in [-0.39, 0.29) is 38.7 Å². The van der Waals surface area contributed by atoms with E-state index >= 15 is 0 Å². The first-order valence-electron chi connectivity index (χ1n) is 18.0. The van der Waals surface area contributed by atoms with E-state index in [1.165, 1.54) is 0 Å². The Labute approximate surface area is 447 Å². The molecule has 2 heterocycles. The quantitative estimate of drug-likeness (QED) is 0.0566. The van der Waals surface area contributed by atoms with Crippen molar-refractivity contribution in [2.24, 2.45) is 0 Å². The zero-order valence-corrected chi connectivity index (χ0v) is 41.3. The molecule has 0 radical (unpaired) electrons. The van der Waals surface area contributed by atoms with Crippen molar-refractivity contribution in [1.29, 1.82) is 0 Å². The predicted molar refractivity (Wildman–Crippen MR) is 191 cm³/mol. The minimum Gasteiger partial charge on any atom is -0.762 e. The van der Waals surface area contributed by atoms with Gasteiger partial charge < -0.3 is 68.8 Å². The molecule has 0 atom stereocenters. The van der Waals surface area contributed by atoms with Gasteiger partial charge in [-0.05, 0) is 24.4 Å². The van der Waals surface area contributed by atoms with Crippen molar-refractivity contribution in [2.75, 3.05) is 0 Å². The van der Waals surface area contributed by atoms with Gasteiger partial charge in [-0.25, -0.2) is 0 Å². The van der Waals surface area contributed by atoms with E-state index in [0.717, 1.165) is 0 Å². The Hall–Kier alpha value is -2.12. The first-order valence-corrected chi connectivity index (χ1v) is 20.4. The molecule has 0 fully saturated rings. The standard InChI is InChI=1S/2C15H10F18N2S3.Pd/c2*16-8(17,10(20,21)12(24,25)14(28,29)30)1-3-34-5(36)6(37)35(7(34)38)4-2-9(18,19)11(22,23)13(26,27)15(31,32)33;/h2*36-37H,1-4H2;/p-4. The summed E-state index contributed by atoms with van der Waals surface area (Å²) in [4.78, 5) is 0. The van der Waals surface area contributed by atoms with Crippen LogP contribution in [0.2, 0.25) is 0 Å². The summed E-state index contributed by atoms with van der Waals surface area (Å²) in [7, 11) is 0. The van der Waals surface area contributed by atoms with Gasteiger partial charge in [-0.2, -0.15) is 158 Å². The van der Waals surface area contributed by atoms with Gasteiger partial charge in [-0.1, -0.05) is 0 Å². The van der Waals surface area contributed by atoms with Gasteiger partial charge in [0.2, 0.25) is 0 Å². The summed E-state index contributed by atoms with van der Waals surface area (Å²) >= 11 is 27.0. The second-order valence-electron chi connectivity index (χ2n) is 14.8. The molecule has 0 amide bonds. The summed E-state index contributed by atoms with van der Waals surface area (Å²) in [6, 6.07) is 0. The second-order valence-corrected chi connectivity index (χ2v) is 17.1. The summed E-state index contributed by atoms with van der Waals surface area (Å²) in [6.07, 6.45) is -38.8. The normalized spacial score (nSPS) is 15.1. The minimum atomic E-state index is -7.24. The maximum absolute atomic E-state index is 13.7. The smallest absolute Gasteiger partial charge is 0.460 e. The van der Waals surface area contributed by atoms with Crippen molar-refractivity contribution in [3.05, 3.63) is 9.54 Å². The van der Waals surface area contributed by atoms with Crippen LogP contribution in [0.1, 0.15) is 25.7 Å². The topological polar surface area (TPSA) is 19.7 Å². The number of halogens is 36. The molecule has 77 heavy (non-hydrogen) atoms. The Morgan fingerprint density at radius 3 is 0.468 bits per heavy atom. The number of imidazole rings is 2. The van der Waals surface area contributed by atoms with Crippen molar-refractivity contribution >= 4 is 75.0 Å². The number of hydrogen-bond acceptors (Lipinski definition) is 6. The molecule has 0 spiro atoms. The van der Waals surface area contributed by atoms with Gasteiger partial charge in [0.15, 0.2) is 9.54 Å². The summed E-state index contributed by atoms with van der Waals surface area (Å²) in [6.45, 7) is -6.93. The van der Waals surface area contributed by atoms with Crippen molar-refractivity contribution in [2.45, 2.75) is 168 Å². The number of hydrogen-bond donors (Lipinski definition) is 0. The van der Waals surface area contributed by atoms with E-state index in [1.807, 2.05) is 0 Å². The Morgan fingerprint density at radius 1 is 0.247 bits per heavy atom. The van der Waals surface area contributed by atoms with Crippen LogP contribution in [0.3, 0.4) is 0 Å². The van der Waals surface area contributed by atoms with Gasteiger partial charge in [-0.3, -0.25) is 0 Å². The van der Waals surface area contributed by atoms with E-state index in [2.05, 4.69) is 75.0 Å². The van der Waals surface area contributed by atoms with E-state index in [1.54, 1.807) is 0 Å². The van der Waals surface area contributed by atoms with Crippen LogP contribution < -0.4 is 0 Å². The van der Waals surface area contributed by atoms with E-state index in [4.69, 9.17) is 0 Å². The van der Waals surface area contributed by atoms with Crippen LogP contribution in [-0.4, -0.2) is 114 Å². The predicted octanol–water partition coefficient (Wildman–Crippen LogP) is 15.1. The van der Waals surface area contributed by atoms with Gasteiger partial charge >= 0.3 is 95.8 Å². The summed E-state index contributed by atoms with van der Waals surface area (Å²) in [5, 5.41) is -4.10. The largest absolute Gasteiger partial charge is 0.762 e. The zero-order valence-electron chi connectivity index (χ0n) is 34.8. The molecule has 0 aromatic carbocycles. The van der Waals surface area contributed by atoms with Crippen LogP contribution in [0.4, 0.5) is 158 Å². The Morgan fingerprint density at radius 2 is 0.364 bits per heavy atom. The van der Waals surface area contributed by atoms with Crippen molar-refractivity contribution in [3.8, 4) is 0 Å². The van der Waals surface area contributed by atoms with Crippen LogP contribution in [0, 0.1) is 9.54 Å². The molecular weight excluding hydrogens is 1400 g/mol. The van der Waals surface area contributed by atoms with Crippen molar-refractivity contribution in [3.63, 3.8) is 0 Å². The molecule has 0 saturated carbocycles. The van der Waals surface area contributed by atoms with Crippen molar-refractivity contribution < 1.29 is 178 Å². The summed E-state index contributed by atoms with van der Waals surface area (Å²) in [5.74, 6) is -81.7. The molecule has 2 aromatic rings. The van der Waals surface area contributed by atoms with E-state index in [9.17, 15) is 158 Å². The number of rotatable bonds is 20. The molecule has 4 nitrogen and oxygen atoms in total. The average molecular weight is 1420 g/mol. The first-order chi connectivity index (χ1) is 32.8. The monoisotopic (exact) mass is 1410 g/mol. The van der Waals surface area contributed by atoms with E-state index < -0.39 is 177 Å². The molecule has 0 aliphatic heterocycles. The molecule has 0 unspecified atom stereocenters. The molecule has 458 valence electrons. The maximum atomic E-state index is 13.7. The van der Waals surface area contributed by atoms with Gasteiger partial charge in [0.1, 0.15) is 0 Å². The molecule has 47 heteroatoms. The molecule has 0 saturated heterocycles. The zero-order chi connectivity index (χ0) is 61.4. The number of alkyl halides is 36. The summed E-state index contributed by atoms with van der Waals surface area (Å²) in [5.41, 5.74) is 0. The van der Waals surface area contributed by atoms with Crippen LogP contribution in [-0.2, 0) is 97.1 Å². The Balaban J connectivity index is 0.00000148. The van der Waals surface area contributed by atoms with Gasteiger partial charge in [-0.15, -0.1) is 20.1 Å². The van der Waals surface area contributed by atoms with Crippen LogP contribution in [0.25, 0.3) is 0 Å². The molecule has 0 aliphatic carbocycles. The Kier molecular flexibility index (Phi) is 21.9. The average Bonchev–Trinajstić information content (AvgIpc) is 3.54. The fraction of sp³-hybridized carbons (Fsp3) is 0.800. The molecule has 0 N–H and O–H groups in total. The Bertz CT molecular complexity index is 2140. The van der Waals surface area contributed by atoms with Crippen LogP contribution >= 0.6 is 24.4 Å². The van der Waals surface area contributed by atoms with Gasteiger partial charge in [0, 0.05) is 72.3 Å². The van der Waals surface area contributed by atoms with Crippen LogP contribution in [0.15, 0.2) is 20.1 Å². The minimum absolute atomic E-state index is 0. The molecule has 2 aromatic heterocycles. The van der Waals surface area contributed by atoms with Crippen LogP contribution in [0.5, 0.6) is 0 Å². The van der Waals surface area contributed by atoms with E-state index in [0.29, 0.717) is 0 Å². The SMILES string of the molecule is FC(F)(F)C(F)(F)C(F)(F)C(F)(F)CCn1c([S-])c([S-])n(CCC(F)(F)C(F)(F)C(F)(F)C(F)(F)F)c1=S.FC(F)(F)C(F)(F)C(F)(F)C(F)(F)CCn1c([S-])c([S-])n(CCC(F)(F)C(F)(F)C(F)(F)C(F)(F)F)c1=S.[Pd]. The number of nitrogens with zero attached hydrogens (tertiary/aromatic N) is 4. The molecule has 2 rings (SSSR count).